The Morgan fingerprint density at radius 3 is 1.43 bits per heavy atom. The maximum atomic E-state index is 14.9. The van der Waals surface area contributed by atoms with Crippen LogP contribution in [-0.2, 0) is 75.1 Å². The predicted molar refractivity (Wildman–Crippen MR) is 327 cm³/mol. The second-order valence-corrected chi connectivity index (χ2v) is 19.2. The van der Waals surface area contributed by atoms with Crippen LogP contribution >= 0.6 is 35.6 Å². The number of ketones is 1. The molecule has 0 spiro atoms. The fourth-order valence-corrected chi connectivity index (χ4v) is 8.45. The SMILES string of the molecule is COc1cc2ncnc(Nc3ccc(CC(=S)CC(=O)Cc4ccccc4)cc3F)c2cc1OC.COc1cc2ncnc(Nc3ccc(N)cc3F)c2cc1OC.N#CSC(=O)Cc1ccccc1.N#C[S-].O=C(Cl)Cc1ccccc1.[Ag+]. The van der Waals surface area contributed by atoms with Gasteiger partial charge in [0.1, 0.15) is 47.1 Å². The summed E-state index contributed by atoms with van der Waals surface area (Å²) in [5.41, 5.74) is 11.3. The number of thiocarbonyl (C=S) groups is 1. The van der Waals surface area contributed by atoms with Crippen LogP contribution in [0, 0.1) is 33.0 Å². The fraction of sp³-hybridized carbons (Fsp3) is 0.148. The van der Waals surface area contributed by atoms with Gasteiger partial charge in [-0.25, -0.2) is 34.0 Å². The van der Waals surface area contributed by atoms with Crippen LogP contribution in [0.25, 0.3) is 21.8 Å². The van der Waals surface area contributed by atoms with Crippen LogP contribution in [-0.4, -0.2) is 69.4 Å². The minimum Gasteiger partial charge on any atom is -0.696 e. The Morgan fingerprint density at radius 2 is 1.01 bits per heavy atom. The quantitative estimate of drug-likeness (QED) is 0.0181. The average molecular weight is 1300 g/mol. The summed E-state index contributed by atoms with van der Waals surface area (Å²) in [6.07, 6.45) is 4.31. The monoisotopic (exact) mass is 1300 g/mol. The minimum absolute atomic E-state index is 0. The molecular formula is C61H53AgClF2N9O7S3. The first-order valence-corrected chi connectivity index (χ1v) is 26.7. The molecule has 434 valence electrons. The third kappa shape index (κ3) is 21.9. The Bertz CT molecular complexity index is 3740. The van der Waals surface area contributed by atoms with Crippen LogP contribution in [0.3, 0.4) is 0 Å². The molecule has 23 heteroatoms. The van der Waals surface area contributed by atoms with E-state index in [1.807, 2.05) is 91.0 Å². The maximum Gasteiger partial charge on any atom is 1.00 e. The summed E-state index contributed by atoms with van der Waals surface area (Å²) >= 11 is 15.0. The van der Waals surface area contributed by atoms with Gasteiger partial charge in [-0.3, -0.25) is 14.4 Å². The van der Waals surface area contributed by atoms with Crippen molar-refractivity contribution in [3.8, 4) is 33.8 Å². The number of nitrogens with zero attached hydrogens (tertiary/aromatic N) is 6. The molecule has 0 saturated carbocycles. The van der Waals surface area contributed by atoms with Gasteiger partial charge in [0, 0.05) is 77.3 Å². The standard InChI is InChI=1S/C27H24FN3O3S.C16H15FN4O2.C9H7NOS.C8H7ClO.CHNS.Ag/c1-33-25-14-21-24(15-26(25)34-2)29-16-30-27(21)31-23-9-8-18(12-22(23)28)11-20(35)13-19(32)10-17-6-4-3-5-7-17;1-22-14-6-10-13(7-15(14)23-2)19-8-20-16(10)21-12-4-3-9(18)5-11(12)17;10-7-12-9(11)6-8-4-2-1-3-5-8;9-8(10)6-7-4-2-1-3-5-7;2-1-3;/h3-9,12,14-16H,10-11,13H2,1-2H3,(H,29,30,31);3-8H,18H2,1-2H3,(H,19,20,21);1-5H,6H2;1-5H,6H2;3H;/q;;;;;+1/p-1. The van der Waals surface area contributed by atoms with E-state index in [-0.39, 0.29) is 56.3 Å². The number of Topliss-reactive ketones (excluding diaryl/α,β-unsaturated/α-hetero) is 1. The zero-order valence-electron chi connectivity index (χ0n) is 45.4. The number of fused-ring (bicyclic) bond motifs is 2. The van der Waals surface area contributed by atoms with Gasteiger partial charge in [-0.1, -0.05) is 115 Å². The zero-order chi connectivity index (χ0) is 60.1. The number of halogens is 3. The second kappa shape index (κ2) is 36.1. The van der Waals surface area contributed by atoms with Gasteiger partial charge in [-0.2, -0.15) is 5.26 Å². The molecule has 0 aliphatic heterocycles. The normalized spacial score (nSPS) is 9.82. The number of benzene rings is 7. The van der Waals surface area contributed by atoms with Crippen molar-refractivity contribution in [1.29, 1.82) is 10.5 Å². The van der Waals surface area contributed by atoms with Crippen molar-refractivity contribution in [1.82, 2.24) is 19.9 Å². The van der Waals surface area contributed by atoms with Gasteiger partial charge < -0.3 is 47.9 Å². The summed E-state index contributed by atoms with van der Waals surface area (Å²) in [6, 6.07) is 44.5. The van der Waals surface area contributed by atoms with E-state index < -0.39 is 11.6 Å². The molecule has 0 aliphatic carbocycles. The van der Waals surface area contributed by atoms with E-state index in [0.29, 0.717) is 110 Å². The number of hydrogen-bond donors (Lipinski definition) is 3. The molecule has 16 nitrogen and oxygen atoms in total. The summed E-state index contributed by atoms with van der Waals surface area (Å²) in [5, 5.41) is 25.3. The van der Waals surface area contributed by atoms with Crippen LogP contribution in [0.2, 0.25) is 0 Å². The molecule has 4 N–H and O–H groups in total. The van der Waals surface area contributed by atoms with E-state index in [1.54, 1.807) is 82.4 Å². The van der Waals surface area contributed by atoms with E-state index in [4.69, 9.17) is 59.0 Å². The van der Waals surface area contributed by atoms with Crippen molar-refractivity contribution < 1.29 is 64.5 Å². The van der Waals surface area contributed by atoms with Crippen LogP contribution < -0.4 is 35.3 Å². The topological polar surface area (TPSA) is 237 Å². The maximum absolute atomic E-state index is 14.9. The first kappa shape index (κ1) is 67.9. The molecule has 2 heterocycles. The number of thioether (sulfide) groups is 1. The summed E-state index contributed by atoms with van der Waals surface area (Å²) < 4.78 is 50.1. The molecule has 0 aliphatic rings. The molecule has 0 saturated heterocycles. The molecule has 0 atom stereocenters. The van der Waals surface area contributed by atoms with Gasteiger partial charge in [0.2, 0.25) is 10.4 Å². The van der Waals surface area contributed by atoms with Crippen molar-refractivity contribution in [2.24, 2.45) is 0 Å². The summed E-state index contributed by atoms with van der Waals surface area (Å²) in [7, 11) is 6.18. The zero-order valence-corrected chi connectivity index (χ0v) is 50.1. The molecule has 0 fully saturated rings. The molecule has 9 aromatic rings. The molecule has 2 aromatic heterocycles. The van der Waals surface area contributed by atoms with Gasteiger partial charge in [0.05, 0.1) is 50.8 Å². The second-order valence-electron chi connectivity index (χ2n) is 17.1. The molecule has 0 bridgehead atoms. The number of nitriles is 2. The van der Waals surface area contributed by atoms with Crippen LogP contribution in [0.15, 0.2) is 164 Å². The van der Waals surface area contributed by atoms with E-state index >= 15 is 0 Å². The molecule has 7 aromatic carbocycles. The van der Waals surface area contributed by atoms with Gasteiger partial charge >= 0.3 is 22.4 Å². The summed E-state index contributed by atoms with van der Waals surface area (Å²) in [4.78, 5) is 51.2. The minimum atomic E-state index is -0.461. The van der Waals surface area contributed by atoms with E-state index in [0.717, 1.165) is 16.7 Å². The number of thiocyanates is 2. The molecular weight excluding hydrogens is 1250 g/mol. The number of ether oxygens (including phenoxy) is 4. The number of hydrogen-bond acceptors (Lipinski definition) is 19. The van der Waals surface area contributed by atoms with Crippen molar-refractivity contribution in [2.75, 3.05) is 44.8 Å². The summed E-state index contributed by atoms with van der Waals surface area (Å²) in [5.74, 6) is 2.18. The van der Waals surface area contributed by atoms with E-state index in [1.165, 1.54) is 30.2 Å². The average Bonchev–Trinajstić information content (AvgIpc) is 3.11. The number of aromatic nitrogens is 4. The number of methoxy groups -OCH3 is 4. The number of anilines is 5. The van der Waals surface area contributed by atoms with E-state index in [2.05, 4.69) is 43.2 Å². The molecule has 9 rings (SSSR count). The number of nitrogens with two attached hydrogens (primary N) is 1. The van der Waals surface area contributed by atoms with Gasteiger partial charge in [0.25, 0.3) is 0 Å². The van der Waals surface area contributed by atoms with Crippen molar-refractivity contribution in [3.63, 3.8) is 0 Å². The largest absolute Gasteiger partial charge is 1.00 e. The predicted octanol–water partition coefficient (Wildman–Crippen LogP) is 12.7. The first-order chi connectivity index (χ1) is 40.1. The van der Waals surface area contributed by atoms with Crippen LogP contribution in [0.5, 0.6) is 23.0 Å². The van der Waals surface area contributed by atoms with Gasteiger partial charge in [0.15, 0.2) is 23.0 Å². The molecule has 0 radical (unpaired) electrons. The Kier molecular flexibility index (Phi) is 29.1. The van der Waals surface area contributed by atoms with Crippen molar-refractivity contribution in [3.05, 3.63) is 198 Å². The number of nitrogens with one attached hydrogen (secondary N) is 2. The summed E-state index contributed by atoms with van der Waals surface area (Å²) in [6.45, 7) is 0. The Morgan fingerprint density at radius 1 is 0.595 bits per heavy atom. The van der Waals surface area contributed by atoms with Crippen molar-refractivity contribution in [2.45, 2.75) is 32.1 Å². The third-order valence-corrected chi connectivity index (χ3v) is 12.3. The Hall–Kier alpha value is -8.64. The van der Waals surface area contributed by atoms with Crippen LogP contribution in [0.1, 0.15) is 28.7 Å². The Balaban J connectivity index is 0.000000263. The fourth-order valence-electron chi connectivity index (χ4n) is 7.63. The molecule has 0 amide bonds. The van der Waals surface area contributed by atoms with Crippen LogP contribution in [0.4, 0.5) is 37.5 Å². The smallest absolute Gasteiger partial charge is 0.696 e. The molecule has 0 unspecified atom stereocenters. The van der Waals surface area contributed by atoms with Gasteiger partial charge in [-0.05, 0) is 76.3 Å². The van der Waals surface area contributed by atoms with Crippen molar-refractivity contribution >= 4 is 120 Å². The first-order valence-electron chi connectivity index (χ1n) is 24.7. The number of carbonyl (C=O) groups excluding carboxylic acids is 3. The number of rotatable bonds is 18. The van der Waals surface area contributed by atoms with E-state index in [9.17, 15) is 23.2 Å². The molecule has 84 heavy (non-hydrogen) atoms. The van der Waals surface area contributed by atoms with Gasteiger partial charge in [-0.15, -0.1) is 0 Å². The number of carbonyl (C=O) groups is 3. The Labute approximate surface area is 520 Å². The third-order valence-electron chi connectivity index (χ3n) is 11.4. The number of nitrogen functional groups attached to an aromatic ring is 1.